The molecule has 0 fully saturated rings. The Kier molecular flexibility index (Phi) is 35.2. The van der Waals surface area contributed by atoms with Crippen LogP contribution in [0.15, 0.2) is 0 Å². The summed E-state index contributed by atoms with van der Waals surface area (Å²) in [6.07, 6.45) is 8.81. The van der Waals surface area contributed by atoms with Gasteiger partial charge >= 0.3 is 5.97 Å². The fourth-order valence-electron chi connectivity index (χ4n) is 3.95. The Bertz CT molecular complexity index is 693. The van der Waals surface area contributed by atoms with Crippen LogP contribution in [-0.4, -0.2) is 146 Å². The van der Waals surface area contributed by atoms with E-state index in [-0.39, 0.29) is 17.6 Å². The van der Waals surface area contributed by atoms with Gasteiger partial charge in [0.15, 0.2) is 8.32 Å². The number of hydrogen-bond donors (Lipinski definition) is 0. The second-order valence-electron chi connectivity index (χ2n) is 13.2. The smallest absolute Gasteiger partial charge is 0.305 e. The number of ether oxygens (including phenoxy) is 10. The predicted molar refractivity (Wildman–Crippen MR) is 194 cm³/mol. The van der Waals surface area contributed by atoms with Crippen LogP contribution < -0.4 is 0 Å². The van der Waals surface area contributed by atoms with Crippen molar-refractivity contribution < 1.29 is 56.6 Å². The number of unbranched alkanes of at least 4 members (excludes halogenated alkanes) is 6. The molecule has 0 aliphatic carbocycles. The van der Waals surface area contributed by atoms with E-state index in [0.29, 0.717) is 132 Å². The molecule has 12 nitrogen and oxygen atoms in total. The van der Waals surface area contributed by atoms with Crippen LogP contribution in [0.1, 0.15) is 79.1 Å². The third-order valence-electron chi connectivity index (χ3n) is 7.95. The highest BCUT2D eigenvalue weighted by molar-refractivity contribution is 6.74. The van der Waals surface area contributed by atoms with E-state index >= 15 is 0 Å². The van der Waals surface area contributed by atoms with Crippen molar-refractivity contribution >= 4 is 14.3 Å². The van der Waals surface area contributed by atoms with Crippen LogP contribution in [0.2, 0.25) is 18.1 Å². The summed E-state index contributed by atoms with van der Waals surface area (Å²) in [5.74, 6) is -0.139. The molecule has 0 aliphatic rings. The monoisotopic (exact) mass is 726 g/mol. The van der Waals surface area contributed by atoms with Gasteiger partial charge < -0.3 is 51.8 Å². The summed E-state index contributed by atoms with van der Waals surface area (Å²) in [6.45, 7) is 23.4. The van der Waals surface area contributed by atoms with Crippen LogP contribution >= 0.6 is 0 Å². The maximum Gasteiger partial charge on any atom is 0.305 e. The Morgan fingerprint density at radius 1 is 0.429 bits per heavy atom. The van der Waals surface area contributed by atoms with Gasteiger partial charge in [0.1, 0.15) is 6.61 Å². The number of esters is 1. The number of carbonyl (C=O) groups excluding carboxylic acids is 1. The zero-order valence-corrected chi connectivity index (χ0v) is 33.2. The topological polar surface area (TPSA) is 119 Å². The summed E-state index contributed by atoms with van der Waals surface area (Å²) in [7, 11) is -1.70. The molecule has 0 aromatic heterocycles. The Balaban J connectivity index is 3.17. The van der Waals surface area contributed by atoms with Crippen molar-refractivity contribution in [2.24, 2.45) is 0 Å². The lowest BCUT2D eigenvalue weighted by Gasteiger charge is -2.36. The summed E-state index contributed by atoms with van der Waals surface area (Å²) in [4.78, 5) is 11.7. The van der Waals surface area contributed by atoms with Gasteiger partial charge in [-0.3, -0.25) is 4.79 Å². The summed E-state index contributed by atoms with van der Waals surface area (Å²) in [6, 6.07) is 0. The zero-order valence-electron chi connectivity index (χ0n) is 32.2. The van der Waals surface area contributed by atoms with Gasteiger partial charge in [-0.1, -0.05) is 66.2 Å². The molecule has 0 radical (unpaired) electrons. The summed E-state index contributed by atoms with van der Waals surface area (Å²) < 4.78 is 60.8. The van der Waals surface area contributed by atoms with Crippen molar-refractivity contribution in [2.75, 3.05) is 132 Å². The molecular formula is C36H74O12Si. The molecule has 0 spiro atoms. The van der Waals surface area contributed by atoms with Crippen LogP contribution in [-0.2, 0) is 56.6 Å². The van der Waals surface area contributed by atoms with Crippen molar-refractivity contribution in [2.45, 2.75) is 97.2 Å². The Morgan fingerprint density at radius 3 is 1.04 bits per heavy atom. The first kappa shape index (κ1) is 48.3. The van der Waals surface area contributed by atoms with E-state index in [1.807, 2.05) is 0 Å². The van der Waals surface area contributed by atoms with Gasteiger partial charge in [-0.2, -0.15) is 0 Å². The first-order chi connectivity index (χ1) is 23.7. The third-order valence-corrected chi connectivity index (χ3v) is 12.5. The van der Waals surface area contributed by atoms with Crippen LogP contribution in [0, 0.1) is 0 Å². The molecule has 0 bridgehead atoms. The van der Waals surface area contributed by atoms with Crippen LogP contribution in [0.3, 0.4) is 0 Å². The van der Waals surface area contributed by atoms with Gasteiger partial charge in [-0.25, -0.2) is 0 Å². The first-order valence-electron chi connectivity index (χ1n) is 18.7. The largest absolute Gasteiger partial charge is 0.463 e. The lowest BCUT2D eigenvalue weighted by molar-refractivity contribution is -0.145. The molecule has 0 saturated carbocycles. The Hall–Kier alpha value is -0.713. The number of rotatable bonds is 39. The molecule has 0 heterocycles. The van der Waals surface area contributed by atoms with Crippen molar-refractivity contribution in [3.8, 4) is 0 Å². The molecule has 0 amide bonds. The third kappa shape index (κ3) is 35.5. The molecule has 0 atom stereocenters. The minimum atomic E-state index is -1.70. The Labute approximate surface area is 299 Å². The Morgan fingerprint density at radius 2 is 0.714 bits per heavy atom. The van der Waals surface area contributed by atoms with Gasteiger partial charge in [0.25, 0.3) is 0 Å². The summed E-state index contributed by atoms with van der Waals surface area (Å²) >= 11 is 0. The minimum absolute atomic E-state index is 0.139. The lowest BCUT2D eigenvalue weighted by Crippen LogP contribution is -2.41. The average molecular weight is 727 g/mol. The second-order valence-corrected chi connectivity index (χ2v) is 18.0. The van der Waals surface area contributed by atoms with Crippen molar-refractivity contribution in [1.82, 2.24) is 0 Å². The van der Waals surface area contributed by atoms with Crippen LogP contribution in [0.4, 0.5) is 0 Å². The van der Waals surface area contributed by atoms with E-state index < -0.39 is 8.32 Å². The maximum atomic E-state index is 11.7. The van der Waals surface area contributed by atoms with E-state index in [4.69, 9.17) is 51.8 Å². The van der Waals surface area contributed by atoms with E-state index in [9.17, 15) is 4.79 Å². The van der Waals surface area contributed by atoms with Crippen molar-refractivity contribution in [3.05, 3.63) is 0 Å². The molecule has 0 aromatic carbocycles. The summed E-state index contributed by atoms with van der Waals surface area (Å²) in [5.41, 5.74) is 0. The molecule has 0 aromatic rings. The van der Waals surface area contributed by atoms with Crippen molar-refractivity contribution in [3.63, 3.8) is 0 Å². The maximum absolute atomic E-state index is 11.7. The van der Waals surface area contributed by atoms with Crippen molar-refractivity contribution in [1.29, 1.82) is 0 Å². The number of carbonyl (C=O) groups is 1. The van der Waals surface area contributed by atoms with Gasteiger partial charge in [0, 0.05) is 6.42 Å². The molecule has 294 valence electrons. The standard InChI is InChI=1S/C36H74O12Si/c1-7-8-9-10-11-12-13-14-35(37)47-33-31-45-29-27-43-25-23-41-21-19-39-17-15-38-16-18-40-20-22-42-24-26-44-28-30-46-32-34-48-49(5,6)36(2,3)4/h7-34H2,1-6H3. The fourth-order valence-corrected chi connectivity index (χ4v) is 4.97. The molecule has 0 N–H and O–H groups in total. The molecule has 13 heteroatoms. The second kappa shape index (κ2) is 35.7. The molecule has 0 rings (SSSR count). The molecule has 0 aliphatic heterocycles. The highest BCUT2D eigenvalue weighted by Gasteiger charge is 2.36. The normalized spacial score (nSPS) is 12.2. The number of hydrogen-bond acceptors (Lipinski definition) is 12. The molecule has 0 unspecified atom stereocenters. The predicted octanol–water partition coefficient (Wildman–Crippen LogP) is 5.84. The lowest BCUT2D eigenvalue weighted by atomic mass is 10.1. The van der Waals surface area contributed by atoms with Gasteiger partial charge in [-0.15, -0.1) is 0 Å². The molecular weight excluding hydrogens is 652 g/mol. The molecule has 0 saturated heterocycles. The SMILES string of the molecule is CCCCCCCCCC(=O)OCCOCCOCCOCCOCCOCCOCCOCCOCCOCCO[Si](C)(C)C(C)(C)C. The average Bonchev–Trinajstić information content (AvgIpc) is 3.06. The molecule has 49 heavy (non-hydrogen) atoms. The van der Waals surface area contributed by atoms with Gasteiger partial charge in [-0.05, 0) is 24.6 Å². The quantitative estimate of drug-likeness (QED) is 0.0430. The van der Waals surface area contributed by atoms with E-state index in [0.717, 1.165) is 12.8 Å². The fraction of sp³-hybridized carbons (Fsp3) is 0.972. The van der Waals surface area contributed by atoms with Crippen LogP contribution in [0.5, 0.6) is 0 Å². The zero-order chi connectivity index (χ0) is 36.2. The van der Waals surface area contributed by atoms with E-state index in [1.165, 1.54) is 32.1 Å². The van der Waals surface area contributed by atoms with E-state index in [1.54, 1.807) is 0 Å². The highest BCUT2D eigenvalue weighted by Crippen LogP contribution is 2.36. The van der Waals surface area contributed by atoms with E-state index in [2.05, 4.69) is 40.8 Å². The minimum Gasteiger partial charge on any atom is -0.463 e. The van der Waals surface area contributed by atoms with Gasteiger partial charge in [0.05, 0.1) is 126 Å². The van der Waals surface area contributed by atoms with Gasteiger partial charge in [0.2, 0.25) is 0 Å². The highest BCUT2D eigenvalue weighted by atomic mass is 28.4. The van der Waals surface area contributed by atoms with Crippen LogP contribution in [0.25, 0.3) is 0 Å². The first-order valence-corrected chi connectivity index (χ1v) is 21.6. The summed E-state index contributed by atoms with van der Waals surface area (Å²) in [5, 5.41) is 0.215.